The first-order chi connectivity index (χ1) is 9.31. The van der Waals surface area contributed by atoms with Gasteiger partial charge < -0.3 is 9.72 Å². The number of aromatic nitrogens is 1. The maximum absolute atomic E-state index is 8.99. The van der Waals surface area contributed by atoms with E-state index < -0.39 is 0 Å². The van der Waals surface area contributed by atoms with Crippen LogP contribution in [0.1, 0.15) is 0 Å². The zero-order valence-corrected chi connectivity index (χ0v) is 10.5. The molecule has 3 rings (SSSR count). The number of hydrogen-bond donors (Lipinski definition) is 3. The Hall–Kier alpha value is -2.46. The van der Waals surface area contributed by atoms with Gasteiger partial charge in [-0.15, -0.1) is 0 Å². The summed E-state index contributed by atoms with van der Waals surface area (Å²) in [6, 6.07) is 13.6. The van der Waals surface area contributed by atoms with Crippen LogP contribution in [0.3, 0.4) is 0 Å². The van der Waals surface area contributed by atoms with E-state index in [1.165, 1.54) is 0 Å². The molecule has 1 heterocycles. The van der Waals surface area contributed by atoms with Gasteiger partial charge >= 0.3 is 0 Å². The number of hydrogen-bond acceptors (Lipinski definition) is 3. The standard InChI is InChI=1S/C15H14N2O2/c1-19-12-5-2-10(3-6-12)14-9-16-15-7-4-11(17-18)8-13(14)15/h2-9,16-18H,1H3. The molecule has 0 spiro atoms. The molecule has 0 amide bonds. The van der Waals surface area contributed by atoms with Crippen LogP contribution in [0.5, 0.6) is 5.75 Å². The first-order valence-electron chi connectivity index (χ1n) is 5.97. The number of H-pyrrole nitrogens is 1. The van der Waals surface area contributed by atoms with Gasteiger partial charge in [0.15, 0.2) is 0 Å². The molecule has 0 aliphatic heterocycles. The van der Waals surface area contributed by atoms with E-state index in [1.807, 2.05) is 48.7 Å². The smallest absolute Gasteiger partial charge is 0.118 e. The number of fused-ring (bicyclic) bond motifs is 1. The summed E-state index contributed by atoms with van der Waals surface area (Å²) in [7, 11) is 1.65. The van der Waals surface area contributed by atoms with Crippen LogP contribution in [0.25, 0.3) is 22.0 Å². The van der Waals surface area contributed by atoms with E-state index in [9.17, 15) is 0 Å². The Balaban J connectivity index is 2.12. The summed E-state index contributed by atoms with van der Waals surface area (Å²) in [5.41, 5.74) is 6.06. The van der Waals surface area contributed by atoms with Crippen LogP contribution in [0.2, 0.25) is 0 Å². The second-order valence-corrected chi connectivity index (χ2v) is 4.30. The molecule has 4 heteroatoms. The molecule has 0 aliphatic rings. The third-order valence-electron chi connectivity index (χ3n) is 3.21. The normalized spacial score (nSPS) is 10.6. The van der Waals surface area contributed by atoms with Gasteiger partial charge in [-0.2, -0.15) is 0 Å². The summed E-state index contributed by atoms with van der Waals surface area (Å²) >= 11 is 0. The summed E-state index contributed by atoms with van der Waals surface area (Å²) in [5, 5.41) is 10.0. The lowest BCUT2D eigenvalue weighted by atomic mass is 10.0. The summed E-state index contributed by atoms with van der Waals surface area (Å²) in [4.78, 5) is 3.23. The van der Waals surface area contributed by atoms with Gasteiger partial charge in [-0.25, -0.2) is 0 Å². The van der Waals surface area contributed by atoms with Crippen molar-refractivity contribution in [3.8, 4) is 16.9 Å². The molecule has 0 atom stereocenters. The van der Waals surface area contributed by atoms with Gasteiger partial charge in [0.25, 0.3) is 0 Å². The Morgan fingerprint density at radius 1 is 1.11 bits per heavy atom. The molecule has 4 nitrogen and oxygen atoms in total. The van der Waals surface area contributed by atoms with Crippen LogP contribution < -0.4 is 10.2 Å². The van der Waals surface area contributed by atoms with Crippen molar-refractivity contribution in [3.63, 3.8) is 0 Å². The largest absolute Gasteiger partial charge is 0.497 e. The molecule has 0 radical (unpaired) electrons. The number of benzene rings is 2. The molecule has 0 unspecified atom stereocenters. The lowest BCUT2D eigenvalue weighted by Crippen LogP contribution is -1.87. The molecule has 19 heavy (non-hydrogen) atoms. The molecular weight excluding hydrogens is 240 g/mol. The van der Waals surface area contributed by atoms with Crippen molar-refractivity contribution in [2.75, 3.05) is 12.6 Å². The number of nitrogens with one attached hydrogen (secondary N) is 2. The highest BCUT2D eigenvalue weighted by Crippen LogP contribution is 2.31. The fourth-order valence-electron chi connectivity index (χ4n) is 2.20. The second kappa shape index (κ2) is 4.66. The van der Waals surface area contributed by atoms with Crippen molar-refractivity contribution in [1.82, 2.24) is 4.98 Å². The van der Waals surface area contributed by atoms with Gasteiger partial charge in [-0.3, -0.25) is 10.7 Å². The minimum Gasteiger partial charge on any atom is -0.497 e. The third-order valence-corrected chi connectivity index (χ3v) is 3.21. The van der Waals surface area contributed by atoms with Crippen molar-refractivity contribution >= 4 is 16.6 Å². The lowest BCUT2D eigenvalue weighted by Gasteiger charge is -2.03. The monoisotopic (exact) mass is 254 g/mol. The Labute approximate surface area is 110 Å². The molecule has 0 aliphatic carbocycles. The first-order valence-corrected chi connectivity index (χ1v) is 5.97. The SMILES string of the molecule is COc1ccc(-c2c[nH]c3ccc(NO)cc23)cc1. The molecule has 0 saturated carbocycles. The fourth-order valence-corrected chi connectivity index (χ4v) is 2.20. The number of methoxy groups -OCH3 is 1. The van der Waals surface area contributed by atoms with E-state index in [0.717, 1.165) is 27.8 Å². The topological polar surface area (TPSA) is 57.3 Å². The number of rotatable bonds is 3. The summed E-state index contributed by atoms with van der Waals surface area (Å²) in [6.45, 7) is 0. The molecular formula is C15H14N2O2. The maximum Gasteiger partial charge on any atom is 0.118 e. The van der Waals surface area contributed by atoms with Crippen molar-refractivity contribution in [2.45, 2.75) is 0 Å². The average Bonchev–Trinajstić information content (AvgIpc) is 2.90. The second-order valence-electron chi connectivity index (χ2n) is 4.30. The van der Waals surface area contributed by atoms with E-state index in [4.69, 9.17) is 9.94 Å². The van der Waals surface area contributed by atoms with Gasteiger partial charge in [0.2, 0.25) is 0 Å². The van der Waals surface area contributed by atoms with Crippen molar-refractivity contribution in [2.24, 2.45) is 0 Å². The summed E-state index contributed by atoms with van der Waals surface area (Å²) in [6.07, 6.45) is 1.97. The van der Waals surface area contributed by atoms with Crippen LogP contribution in [0, 0.1) is 0 Å². The van der Waals surface area contributed by atoms with E-state index in [1.54, 1.807) is 7.11 Å². The van der Waals surface area contributed by atoms with Gasteiger partial charge in [-0.1, -0.05) is 12.1 Å². The fraction of sp³-hybridized carbons (Fsp3) is 0.0667. The van der Waals surface area contributed by atoms with Crippen LogP contribution in [0.15, 0.2) is 48.7 Å². The minimum atomic E-state index is 0.668. The molecule has 1 aromatic heterocycles. The van der Waals surface area contributed by atoms with Gasteiger partial charge in [0.05, 0.1) is 12.8 Å². The number of aromatic amines is 1. The first kappa shape index (κ1) is 11.6. The van der Waals surface area contributed by atoms with E-state index in [-0.39, 0.29) is 0 Å². The highest BCUT2D eigenvalue weighted by molar-refractivity contribution is 5.97. The maximum atomic E-state index is 8.99. The average molecular weight is 254 g/mol. The summed E-state index contributed by atoms with van der Waals surface area (Å²) in [5.74, 6) is 0.835. The Morgan fingerprint density at radius 2 is 1.89 bits per heavy atom. The van der Waals surface area contributed by atoms with E-state index >= 15 is 0 Å². The predicted octanol–water partition coefficient (Wildman–Crippen LogP) is 3.64. The molecule has 2 aromatic carbocycles. The molecule has 0 saturated heterocycles. The molecule has 3 aromatic rings. The van der Waals surface area contributed by atoms with Gasteiger partial charge in [0.1, 0.15) is 5.75 Å². The highest BCUT2D eigenvalue weighted by atomic mass is 16.5. The molecule has 0 fully saturated rings. The van der Waals surface area contributed by atoms with Crippen LogP contribution in [-0.4, -0.2) is 17.3 Å². The lowest BCUT2D eigenvalue weighted by molar-refractivity contribution is 0.389. The van der Waals surface area contributed by atoms with Crippen LogP contribution >= 0.6 is 0 Å². The zero-order chi connectivity index (χ0) is 13.2. The Kier molecular flexibility index (Phi) is 2.85. The van der Waals surface area contributed by atoms with Crippen LogP contribution in [-0.2, 0) is 0 Å². The van der Waals surface area contributed by atoms with Crippen molar-refractivity contribution < 1.29 is 9.94 Å². The molecule has 96 valence electrons. The van der Waals surface area contributed by atoms with Crippen LogP contribution in [0.4, 0.5) is 5.69 Å². The zero-order valence-electron chi connectivity index (χ0n) is 10.5. The molecule has 3 N–H and O–H groups in total. The molecule has 0 bridgehead atoms. The van der Waals surface area contributed by atoms with Crippen molar-refractivity contribution in [3.05, 3.63) is 48.7 Å². The van der Waals surface area contributed by atoms with Gasteiger partial charge in [0, 0.05) is 22.7 Å². The van der Waals surface area contributed by atoms with Crippen molar-refractivity contribution in [1.29, 1.82) is 0 Å². The number of ether oxygens (including phenoxy) is 1. The quantitative estimate of drug-likeness (QED) is 0.625. The summed E-state index contributed by atoms with van der Waals surface area (Å²) < 4.78 is 5.16. The predicted molar refractivity (Wildman–Crippen MR) is 75.7 cm³/mol. The van der Waals surface area contributed by atoms with E-state index in [2.05, 4.69) is 10.5 Å². The van der Waals surface area contributed by atoms with E-state index in [0.29, 0.717) is 5.69 Å². The highest BCUT2D eigenvalue weighted by Gasteiger charge is 2.07. The Bertz CT molecular complexity index is 702. The minimum absolute atomic E-state index is 0.668. The number of anilines is 1. The van der Waals surface area contributed by atoms with Gasteiger partial charge in [-0.05, 0) is 35.9 Å². The Morgan fingerprint density at radius 3 is 2.58 bits per heavy atom. The third kappa shape index (κ3) is 2.02.